The summed E-state index contributed by atoms with van der Waals surface area (Å²) in [6.45, 7) is 5.81. The van der Waals surface area contributed by atoms with Crippen LogP contribution < -0.4 is 10.1 Å². The van der Waals surface area contributed by atoms with Gasteiger partial charge >= 0.3 is 0 Å². The number of anilines is 1. The highest BCUT2D eigenvalue weighted by molar-refractivity contribution is 5.92. The van der Waals surface area contributed by atoms with Crippen LogP contribution in [0.1, 0.15) is 34.5 Å². The molecule has 1 amide bonds. The number of carbonyl (C=O) groups excluding carboxylic acids is 1. The number of benzene rings is 2. The summed E-state index contributed by atoms with van der Waals surface area (Å²) in [5.41, 5.74) is 5.31. The average Bonchev–Trinajstić information content (AvgIpc) is 3.18. The zero-order valence-electron chi connectivity index (χ0n) is 18.2. The fraction of sp³-hybridized carbons (Fsp3) is 0.200. The molecule has 0 aliphatic rings. The third kappa shape index (κ3) is 4.30. The van der Waals surface area contributed by atoms with Crippen molar-refractivity contribution in [2.24, 2.45) is 0 Å². The van der Waals surface area contributed by atoms with Gasteiger partial charge in [-0.2, -0.15) is 10.4 Å². The molecule has 2 aromatic carbocycles. The molecule has 0 fully saturated rings. The second kappa shape index (κ2) is 8.90. The molecule has 0 bridgehead atoms. The van der Waals surface area contributed by atoms with Crippen LogP contribution in [0.4, 0.5) is 5.69 Å². The van der Waals surface area contributed by atoms with Gasteiger partial charge in [0.05, 0.1) is 11.9 Å². The maximum atomic E-state index is 12.7. The zero-order chi connectivity index (χ0) is 22.7. The van der Waals surface area contributed by atoms with Gasteiger partial charge in [-0.05, 0) is 62.6 Å². The van der Waals surface area contributed by atoms with Crippen molar-refractivity contribution in [1.29, 1.82) is 5.26 Å². The lowest BCUT2D eigenvalue weighted by atomic mass is 10.1. The van der Waals surface area contributed by atoms with E-state index in [0.29, 0.717) is 34.8 Å². The monoisotopic (exact) mass is 425 g/mol. The highest BCUT2D eigenvalue weighted by Gasteiger charge is 2.15. The second-order valence-corrected chi connectivity index (χ2v) is 7.63. The van der Waals surface area contributed by atoms with E-state index in [1.165, 1.54) is 6.20 Å². The van der Waals surface area contributed by atoms with Crippen LogP contribution in [0.3, 0.4) is 0 Å². The molecule has 0 spiro atoms. The number of rotatable bonds is 6. The maximum Gasteiger partial charge on any atom is 0.224 e. The standard InChI is InChI=1S/C25H23N5O2/c1-16-7-6-8-20(13-16)32-23-10-5-4-9-22(23)29-24(31)12-11-21-17(2)28-25-19(14-26)15-27-30(25)18(21)3/h4-10,13,15H,11-12H2,1-3H3,(H,29,31). The van der Waals surface area contributed by atoms with Crippen molar-refractivity contribution < 1.29 is 9.53 Å². The van der Waals surface area contributed by atoms with Crippen molar-refractivity contribution in [2.75, 3.05) is 5.32 Å². The smallest absolute Gasteiger partial charge is 0.224 e. The summed E-state index contributed by atoms with van der Waals surface area (Å²) in [4.78, 5) is 17.3. The number of nitrogens with zero attached hydrogens (tertiary/aromatic N) is 4. The fourth-order valence-corrected chi connectivity index (χ4v) is 3.67. The number of fused-ring (bicyclic) bond motifs is 1. The number of nitrogens with one attached hydrogen (secondary N) is 1. The molecule has 0 unspecified atom stereocenters. The molecule has 0 aliphatic heterocycles. The number of aryl methyl sites for hydroxylation is 3. The van der Waals surface area contributed by atoms with Crippen molar-refractivity contribution in [3.05, 3.63) is 82.8 Å². The minimum Gasteiger partial charge on any atom is -0.455 e. The molecule has 0 atom stereocenters. The van der Waals surface area contributed by atoms with Crippen molar-refractivity contribution in [1.82, 2.24) is 14.6 Å². The zero-order valence-corrected chi connectivity index (χ0v) is 18.2. The minimum absolute atomic E-state index is 0.123. The van der Waals surface area contributed by atoms with Crippen LogP contribution in [0.2, 0.25) is 0 Å². The van der Waals surface area contributed by atoms with Crippen LogP contribution in [0.5, 0.6) is 11.5 Å². The van der Waals surface area contributed by atoms with Crippen LogP contribution in [0.25, 0.3) is 5.65 Å². The highest BCUT2D eigenvalue weighted by Crippen LogP contribution is 2.30. The van der Waals surface area contributed by atoms with Gasteiger partial charge in [0.1, 0.15) is 17.4 Å². The van der Waals surface area contributed by atoms with E-state index in [9.17, 15) is 10.1 Å². The number of aromatic nitrogens is 3. The summed E-state index contributed by atoms with van der Waals surface area (Å²) in [5, 5.41) is 16.4. The second-order valence-electron chi connectivity index (χ2n) is 7.63. The number of nitriles is 1. The first kappa shape index (κ1) is 21.1. The molecular weight excluding hydrogens is 402 g/mol. The van der Waals surface area contributed by atoms with Gasteiger partial charge in [-0.3, -0.25) is 4.79 Å². The first-order valence-electron chi connectivity index (χ1n) is 10.3. The molecule has 0 radical (unpaired) electrons. The lowest BCUT2D eigenvalue weighted by Crippen LogP contribution is -2.14. The molecule has 0 aliphatic carbocycles. The Balaban J connectivity index is 1.48. The van der Waals surface area contributed by atoms with E-state index in [1.54, 1.807) is 4.52 Å². The quantitative estimate of drug-likeness (QED) is 0.475. The summed E-state index contributed by atoms with van der Waals surface area (Å²) in [6, 6.07) is 17.2. The summed E-state index contributed by atoms with van der Waals surface area (Å²) < 4.78 is 7.65. The summed E-state index contributed by atoms with van der Waals surface area (Å²) in [5.74, 6) is 1.18. The van der Waals surface area contributed by atoms with Crippen LogP contribution in [-0.4, -0.2) is 20.5 Å². The Morgan fingerprint density at radius 1 is 1.16 bits per heavy atom. The van der Waals surface area contributed by atoms with Gasteiger partial charge in [0.25, 0.3) is 0 Å². The van der Waals surface area contributed by atoms with Crippen molar-refractivity contribution in [2.45, 2.75) is 33.6 Å². The van der Waals surface area contributed by atoms with Crippen molar-refractivity contribution in [3.63, 3.8) is 0 Å². The summed E-state index contributed by atoms with van der Waals surface area (Å²) >= 11 is 0. The molecule has 0 saturated carbocycles. The Labute approximate surface area is 186 Å². The summed E-state index contributed by atoms with van der Waals surface area (Å²) in [6.07, 6.45) is 2.30. The number of para-hydroxylation sites is 2. The number of ether oxygens (including phenoxy) is 1. The van der Waals surface area contributed by atoms with Crippen LogP contribution >= 0.6 is 0 Å². The number of hydrogen-bond donors (Lipinski definition) is 1. The van der Waals surface area contributed by atoms with Gasteiger partial charge in [-0.15, -0.1) is 0 Å². The first-order chi connectivity index (χ1) is 15.5. The first-order valence-corrected chi connectivity index (χ1v) is 10.3. The molecule has 4 aromatic rings. The molecule has 7 nitrogen and oxygen atoms in total. The lowest BCUT2D eigenvalue weighted by Gasteiger charge is -2.14. The maximum absolute atomic E-state index is 12.7. The molecule has 2 heterocycles. The predicted octanol–water partition coefficient (Wildman–Crippen LogP) is 4.89. The normalized spacial score (nSPS) is 10.7. The highest BCUT2D eigenvalue weighted by atomic mass is 16.5. The van der Waals surface area contributed by atoms with E-state index in [-0.39, 0.29) is 12.3 Å². The third-order valence-corrected chi connectivity index (χ3v) is 5.31. The van der Waals surface area contributed by atoms with Gasteiger partial charge < -0.3 is 10.1 Å². The van der Waals surface area contributed by atoms with Gasteiger partial charge in [0, 0.05) is 17.8 Å². The Bertz CT molecular complexity index is 1350. The number of carbonyl (C=O) groups is 1. The van der Waals surface area contributed by atoms with Crippen LogP contribution in [0.15, 0.2) is 54.7 Å². The van der Waals surface area contributed by atoms with E-state index in [2.05, 4.69) is 21.5 Å². The van der Waals surface area contributed by atoms with Crippen molar-refractivity contribution >= 4 is 17.2 Å². The SMILES string of the molecule is Cc1cccc(Oc2ccccc2NC(=O)CCc2c(C)nc3c(C#N)cnn3c2C)c1. The van der Waals surface area contributed by atoms with Crippen LogP contribution in [-0.2, 0) is 11.2 Å². The Morgan fingerprint density at radius 2 is 1.97 bits per heavy atom. The minimum atomic E-state index is -0.123. The average molecular weight is 425 g/mol. The van der Waals surface area contributed by atoms with Gasteiger partial charge in [-0.25, -0.2) is 9.50 Å². The molecule has 0 saturated heterocycles. The van der Waals surface area contributed by atoms with Crippen molar-refractivity contribution in [3.8, 4) is 17.6 Å². The predicted molar refractivity (Wildman–Crippen MR) is 122 cm³/mol. The lowest BCUT2D eigenvalue weighted by molar-refractivity contribution is -0.116. The molecule has 4 rings (SSSR count). The molecular formula is C25H23N5O2. The van der Waals surface area contributed by atoms with E-state index in [1.807, 2.05) is 69.3 Å². The van der Waals surface area contributed by atoms with Crippen LogP contribution in [0, 0.1) is 32.1 Å². The number of amides is 1. The summed E-state index contributed by atoms with van der Waals surface area (Å²) in [7, 11) is 0. The van der Waals surface area contributed by atoms with Gasteiger partial charge in [0.15, 0.2) is 11.4 Å². The third-order valence-electron chi connectivity index (χ3n) is 5.31. The van der Waals surface area contributed by atoms with E-state index >= 15 is 0 Å². The molecule has 2 aromatic heterocycles. The molecule has 32 heavy (non-hydrogen) atoms. The topological polar surface area (TPSA) is 92.3 Å². The Hall–Kier alpha value is -4.18. The molecule has 7 heteroatoms. The molecule has 1 N–H and O–H groups in total. The molecule has 160 valence electrons. The van der Waals surface area contributed by atoms with E-state index < -0.39 is 0 Å². The Kier molecular flexibility index (Phi) is 5.86. The van der Waals surface area contributed by atoms with E-state index in [4.69, 9.17) is 4.74 Å². The fourth-order valence-electron chi connectivity index (χ4n) is 3.67. The van der Waals surface area contributed by atoms with Gasteiger partial charge in [-0.1, -0.05) is 24.3 Å². The largest absolute Gasteiger partial charge is 0.455 e. The number of hydrogen-bond acceptors (Lipinski definition) is 5. The Morgan fingerprint density at radius 3 is 2.75 bits per heavy atom. The van der Waals surface area contributed by atoms with E-state index in [0.717, 1.165) is 22.5 Å². The van der Waals surface area contributed by atoms with Gasteiger partial charge in [0.2, 0.25) is 5.91 Å².